The van der Waals surface area contributed by atoms with Gasteiger partial charge in [0.2, 0.25) is 11.7 Å². The van der Waals surface area contributed by atoms with Gasteiger partial charge in [-0.3, -0.25) is 4.79 Å². The fourth-order valence-corrected chi connectivity index (χ4v) is 2.98. The van der Waals surface area contributed by atoms with Crippen molar-refractivity contribution in [2.75, 3.05) is 11.9 Å². The number of carbonyl (C=O) groups is 2. The highest BCUT2D eigenvalue weighted by atomic mass is 16.5. The molecule has 0 saturated heterocycles. The van der Waals surface area contributed by atoms with Crippen LogP contribution in [0.3, 0.4) is 0 Å². The van der Waals surface area contributed by atoms with Gasteiger partial charge in [0, 0.05) is 5.39 Å². The van der Waals surface area contributed by atoms with Crippen molar-refractivity contribution in [1.29, 1.82) is 0 Å². The number of amides is 1. The Morgan fingerprint density at radius 2 is 1.73 bits per heavy atom. The van der Waals surface area contributed by atoms with Gasteiger partial charge in [0.15, 0.2) is 0 Å². The molecule has 0 radical (unpaired) electrons. The van der Waals surface area contributed by atoms with E-state index in [0.717, 1.165) is 5.56 Å². The molecule has 0 fully saturated rings. The highest BCUT2D eigenvalue weighted by Crippen LogP contribution is 2.33. The Morgan fingerprint density at radius 3 is 2.42 bits per heavy atom. The molecule has 2 aromatic carbocycles. The summed E-state index contributed by atoms with van der Waals surface area (Å²) in [4.78, 5) is 25.2. The average Bonchev–Trinajstić information content (AvgIpc) is 3.02. The molecular weight excluding hydrogens is 330 g/mol. The summed E-state index contributed by atoms with van der Waals surface area (Å²) < 4.78 is 10.7. The molecular formula is C21H21NO4. The lowest BCUT2D eigenvalue weighted by atomic mass is 9.95. The van der Waals surface area contributed by atoms with Gasteiger partial charge >= 0.3 is 5.97 Å². The van der Waals surface area contributed by atoms with Gasteiger partial charge in [0.25, 0.3) is 0 Å². The van der Waals surface area contributed by atoms with Gasteiger partial charge in [-0.05, 0) is 31.0 Å². The highest BCUT2D eigenvalue weighted by Gasteiger charge is 2.26. The molecule has 134 valence electrons. The Balaban J connectivity index is 1.97. The third kappa shape index (κ3) is 3.47. The fourth-order valence-electron chi connectivity index (χ4n) is 2.98. The van der Waals surface area contributed by atoms with E-state index in [4.69, 9.17) is 9.15 Å². The number of esters is 1. The lowest BCUT2D eigenvalue weighted by Gasteiger charge is -2.15. The summed E-state index contributed by atoms with van der Waals surface area (Å²) in [6.45, 7) is 3.91. The number of ether oxygens (including phenoxy) is 1. The molecule has 0 aliphatic rings. The van der Waals surface area contributed by atoms with Crippen LogP contribution in [-0.2, 0) is 9.53 Å². The van der Waals surface area contributed by atoms with Crippen LogP contribution < -0.4 is 5.32 Å². The first-order valence-corrected chi connectivity index (χ1v) is 8.70. The van der Waals surface area contributed by atoms with Crippen molar-refractivity contribution < 1.29 is 18.7 Å². The molecule has 0 saturated carbocycles. The molecule has 3 aromatic rings. The standard InChI is InChI=1S/C21H21NO4/c1-3-15(14-10-6-5-7-11-14)20(23)22-18-16-12-8-9-13-17(16)26-19(18)21(24)25-4-2/h5-13,15H,3-4H2,1-2H3,(H,22,23)/t15-/m0/s1. The van der Waals surface area contributed by atoms with Crippen LogP contribution in [0.4, 0.5) is 5.69 Å². The lowest BCUT2D eigenvalue weighted by molar-refractivity contribution is -0.117. The van der Waals surface area contributed by atoms with Crippen molar-refractivity contribution in [2.45, 2.75) is 26.2 Å². The van der Waals surface area contributed by atoms with E-state index in [0.29, 0.717) is 23.1 Å². The third-order valence-electron chi connectivity index (χ3n) is 4.23. The number of hydrogen-bond acceptors (Lipinski definition) is 4. The van der Waals surface area contributed by atoms with Gasteiger partial charge in [-0.15, -0.1) is 0 Å². The van der Waals surface area contributed by atoms with Crippen LogP contribution >= 0.6 is 0 Å². The van der Waals surface area contributed by atoms with Crippen molar-refractivity contribution in [3.05, 3.63) is 65.9 Å². The number of furan rings is 1. The number of rotatable bonds is 6. The van der Waals surface area contributed by atoms with Crippen LogP contribution in [0.5, 0.6) is 0 Å². The summed E-state index contributed by atoms with van der Waals surface area (Å²) >= 11 is 0. The molecule has 1 amide bonds. The van der Waals surface area contributed by atoms with E-state index in [1.165, 1.54) is 0 Å². The predicted molar refractivity (Wildman–Crippen MR) is 100 cm³/mol. The summed E-state index contributed by atoms with van der Waals surface area (Å²) in [6.07, 6.45) is 0.639. The van der Waals surface area contributed by atoms with E-state index in [1.807, 2.05) is 49.4 Å². The number of anilines is 1. The molecule has 0 aliphatic carbocycles. The Bertz CT molecular complexity index is 914. The van der Waals surface area contributed by atoms with E-state index in [-0.39, 0.29) is 24.2 Å². The maximum atomic E-state index is 12.9. The first kappa shape index (κ1) is 17.7. The molecule has 3 rings (SSSR count). The third-order valence-corrected chi connectivity index (χ3v) is 4.23. The first-order chi connectivity index (χ1) is 12.7. The second-order valence-electron chi connectivity index (χ2n) is 5.88. The van der Waals surface area contributed by atoms with Gasteiger partial charge in [-0.25, -0.2) is 4.79 Å². The number of para-hydroxylation sites is 1. The minimum atomic E-state index is -0.591. The number of carbonyl (C=O) groups excluding carboxylic acids is 2. The number of fused-ring (bicyclic) bond motifs is 1. The van der Waals surface area contributed by atoms with Crippen LogP contribution in [0.15, 0.2) is 59.0 Å². The Hall–Kier alpha value is -3.08. The van der Waals surface area contributed by atoms with Crippen LogP contribution in [0, 0.1) is 0 Å². The topological polar surface area (TPSA) is 68.5 Å². The van der Waals surface area contributed by atoms with Gasteiger partial charge in [-0.1, -0.05) is 49.4 Å². The maximum Gasteiger partial charge on any atom is 0.376 e. The molecule has 0 spiro atoms. The molecule has 0 bridgehead atoms. The highest BCUT2D eigenvalue weighted by molar-refractivity contribution is 6.10. The molecule has 5 nitrogen and oxygen atoms in total. The zero-order valence-electron chi connectivity index (χ0n) is 14.8. The second-order valence-corrected chi connectivity index (χ2v) is 5.88. The second kappa shape index (κ2) is 7.87. The molecule has 0 unspecified atom stereocenters. The summed E-state index contributed by atoms with van der Waals surface area (Å²) in [6, 6.07) is 16.8. The van der Waals surface area contributed by atoms with E-state index < -0.39 is 5.97 Å². The fraction of sp³-hybridized carbons (Fsp3) is 0.238. The van der Waals surface area contributed by atoms with E-state index >= 15 is 0 Å². The van der Waals surface area contributed by atoms with Crippen LogP contribution in [0.1, 0.15) is 42.3 Å². The van der Waals surface area contributed by atoms with E-state index in [1.54, 1.807) is 19.1 Å². The lowest BCUT2D eigenvalue weighted by Crippen LogP contribution is -2.22. The quantitative estimate of drug-likeness (QED) is 0.651. The van der Waals surface area contributed by atoms with Crippen molar-refractivity contribution in [3.8, 4) is 0 Å². The van der Waals surface area contributed by atoms with Crippen molar-refractivity contribution in [3.63, 3.8) is 0 Å². The molecule has 5 heteroatoms. The first-order valence-electron chi connectivity index (χ1n) is 8.70. The molecule has 1 N–H and O–H groups in total. The number of nitrogens with one attached hydrogen (secondary N) is 1. The summed E-state index contributed by atoms with van der Waals surface area (Å²) in [5.74, 6) is -1.08. The van der Waals surface area contributed by atoms with Crippen LogP contribution in [0.2, 0.25) is 0 Å². The average molecular weight is 351 g/mol. The van der Waals surface area contributed by atoms with Crippen molar-refractivity contribution in [2.24, 2.45) is 0 Å². The van der Waals surface area contributed by atoms with E-state index in [9.17, 15) is 9.59 Å². The zero-order valence-corrected chi connectivity index (χ0v) is 14.8. The van der Waals surface area contributed by atoms with Crippen LogP contribution in [0.25, 0.3) is 11.0 Å². The summed E-state index contributed by atoms with van der Waals surface area (Å²) in [5.41, 5.74) is 1.81. The van der Waals surface area contributed by atoms with Gasteiger partial charge in [0.1, 0.15) is 11.3 Å². The predicted octanol–water partition coefficient (Wildman–Crippen LogP) is 4.74. The number of benzene rings is 2. The van der Waals surface area contributed by atoms with Gasteiger partial charge in [-0.2, -0.15) is 0 Å². The number of hydrogen-bond donors (Lipinski definition) is 1. The van der Waals surface area contributed by atoms with Crippen LogP contribution in [-0.4, -0.2) is 18.5 Å². The van der Waals surface area contributed by atoms with Gasteiger partial charge in [0.05, 0.1) is 12.5 Å². The smallest absolute Gasteiger partial charge is 0.376 e. The molecule has 1 aromatic heterocycles. The van der Waals surface area contributed by atoms with Crippen molar-refractivity contribution in [1.82, 2.24) is 0 Å². The maximum absolute atomic E-state index is 12.9. The largest absolute Gasteiger partial charge is 0.460 e. The Kier molecular flexibility index (Phi) is 5.37. The molecule has 1 heterocycles. The normalized spacial score (nSPS) is 11.9. The molecule has 1 atom stereocenters. The van der Waals surface area contributed by atoms with Gasteiger partial charge < -0.3 is 14.5 Å². The van der Waals surface area contributed by atoms with Crippen molar-refractivity contribution >= 4 is 28.5 Å². The molecule has 0 aliphatic heterocycles. The monoisotopic (exact) mass is 351 g/mol. The minimum absolute atomic E-state index is 0.0179. The summed E-state index contributed by atoms with van der Waals surface area (Å²) in [5, 5.41) is 3.56. The molecule has 26 heavy (non-hydrogen) atoms. The SMILES string of the molecule is CCOC(=O)c1oc2ccccc2c1NC(=O)[C@@H](CC)c1ccccc1. The minimum Gasteiger partial charge on any atom is -0.460 e. The Labute approximate surface area is 152 Å². The Morgan fingerprint density at radius 1 is 1.04 bits per heavy atom. The van der Waals surface area contributed by atoms with E-state index in [2.05, 4.69) is 5.32 Å². The summed E-state index contributed by atoms with van der Waals surface area (Å²) in [7, 11) is 0. The zero-order chi connectivity index (χ0) is 18.5.